The minimum absolute atomic E-state index is 0.0164. The number of fused-ring (bicyclic) bond motifs is 1. The third-order valence-corrected chi connectivity index (χ3v) is 4.09. The molecular weight excluding hydrogens is 306 g/mol. The van der Waals surface area contributed by atoms with Crippen molar-refractivity contribution in [3.8, 4) is 0 Å². The molecule has 0 spiro atoms. The van der Waals surface area contributed by atoms with Gasteiger partial charge in [0, 0.05) is 17.4 Å². The average molecular weight is 326 g/mol. The maximum Gasteiger partial charge on any atom is 0.251 e. The molecule has 0 aromatic heterocycles. The van der Waals surface area contributed by atoms with Gasteiger partial charge in [-0.2, -0.15) is 0 Å². The molecule has 1 amide bonds. The van der Waals surface area contributed by atoms with Crippen LogP contribution in [0.25, 0.3) is 0 Å². The second kappa shape index (κ2) is 7.06. The smallest absolute Gasteiger partial charge is 0.251 e. The lowest BCUT2D eigenvalue weighted by Gasteiger charge is -2.14. The van der Waals surface area contributed by atoms with E-state index < -0.39 is 0 Å². The number of ether oxygens (including phenoxy) is 1. The molecule has 19 heavy (non-hydrogen) atoms. The molecule has 0 radical (unpaired) electrons. The highest BCUT2D eigenvalue weighted by Crippen LogP contribution is 2.20. The summed E-state index contributed by atoms with van der Waals surface area (Å²) in [5.41, 5.74) is 3.07. The Morgan fingerprint density at radius 2 is 2.21 bits per heavy atom. The molecule has 1 aromatic rings. The van der Waals surface area contributed by atoms with Crippen molar-refractivity contribution in [1.82, 2.24) is 5.32 Å². The molecule has 1 aromatic carbocycles. The van der Waals surface area contributed by atoms with Crippen LogP contribution in [0.15, 0.2) is 18.2 Å². The van der Waals surface area contributed by atoms with E-state index in [9.17, 15) is 4.79 Å². The molecule has 1 heterocycles. The predicted molar refractivity (Wildman–Crippen MR) is 79.5 cm³/mol. The van der Waals surface area contributed by atoms with Crippen LogP contribution in [-0.2, 0) is 18.0 Å². The van der Waals surface area contributed by atoms with Crippen LogP contribution in [0.2, 0.25) is 0 Å². The van der Waals surface area contributed by atoms with Crippen LogP contribution < -0.4 is 5.32 Å². The van der Waals surface area contributed by atoms with Crippen molar-refractivity contribution in [3.05, 3.63) is 34.9 Å². The van der Waals surface area contributed by atoms with Crippen LogP contribution in [0.5, 0.6) is 0 Å². The van der Waals surface area contributed by atoms with E-state index in [0.29, 0.717) is 19.1 Å². The third-order valence-electron chi connectivity index (χ3n) is 3.63. The van der Waals surface area contributed by atoms with Gasteiger partial charge < -0.3 is 10.1 Å². The molecule has 0 fully saturated rings. The highest BCUT2D eigenvalue weighted by Gasteiger charge is 2.15. The molecule has 1 aliphatic rings. The Labute approximate surface area is 122 Å². The van der Waals surface area contributed by atoms with Crippen molar-refractivity contribution >= 4 is 21.8 Å². The van der Waals surface area contributed by atoms with Gasteiger partial charge in [-0.1, -0.05) is 35.3 Å². The Bertz CT molecular complexity index is 448. The number of hydrogen-bond acceptors (Lipinski definition) is 2. The number of hydrogen-bond donors (Lipinski definition) is 1. The Morgan fingerprint density at radius 1 is 1.42 bits per heavy atom. The maximum atomic E-state index is 12.1. The summed E-state index contributed by atoms with van der Waals surface area (Å²) >= 11 is 3.45. The molecule has 0 bridgehead atoms. The lowest BCUT2D eigenvalue weighted by molar-refractivity contribution is 0.0946. The lowest BCUT2D eigenvalue weighted by atomic mass is 10.0. The molecule has 2 rings (SSSR count). The van der Waals surface area contributed by atoms with E-state index >= 15 is 0 Å². The first-order valence-electron chi connectivity index (χ1n) is 6.78. The molecule has 1 aliphatic heterocycles. The highest BCUT2D eigenvalue weighted by atomic mass is 79.9. The second-order valence-corrected chi connectivity index (χ2v) is 5.73. The standard InChI is InChI=1S/C15H20BrNO2/c1-2-11(5-6-16)8-17-15(18)12-3-4-13-9-19-10-14(13)7-12/h3-4,7,11H,2,5-6,8-10H2,1H3,(H,17,18). The first-order valence-corrected chi connectivity index (χ1v) is 7.90. The van der Waals surface area contributed by atoms with Crippen LogP contribution in [0.4, 0.5) is 0 Å². The lowest BCUT2D eigenvalue weighted by Crippen LogP contribution is -2.29. The monoisotopic (exact) mass is 325 g/mol. The summed E-state index contributed by atoms with van der Waals surface area (Å²) in [6.45, 7) is 4.19. The fraction of sp³-hybridized carbons (Fsp3) is 0.533. The molecule has 0 saturated carbocycles. The molecule has 4 heteroatoms. The zero-order chi connectivity index (χ0) is 13.7. The molecule has 3 nitrogen and oxygen atoms in total. The summed E-state index contributed by atoms with van der Waals surface area (Å²) in [5, 5.41) is 4.01. The van der Waals surface area contributed by atoms with Crippen LogP contribution in [0, 0.1) is 5.92 Å². The molecular formula is C15H20BrNO2. The summed E-state index contributed by atoms with van der Waals surface area (Å²) in [6, 6.07) is 5.82. The first kappa shape index (κ1) is 14.5. The van der Waals surface area contributed by atoms with Gasteiger partial charge in [0.25, 0.3) is 5.91 Å². The van der Waals surface area contributed by atoms with Crippen molar-refractivity contribution in [3.63, 3.8) is 0 Å². The van der Waals surface area contributed by atoms with Gasteiger partial charge >= 0.3 is 0 Å². The fourth-order valence-electron chi connectivity index (χ4n) is 2.26. The Morgan fingerprint density at radius 3 is 2.95 bits per heavy atom. The number of rotatable bonds is 6. The number of carbonyl (C=O) groups excluding carboxylic acids is 1. The van der Waals surface area contributed by atoms with Crippen molar-refractivity contribution < 1.29 is 9.53 Å². The minimum Gasteiger partial charge on any atom is -0.372 e. The number of benzene rings is 1. The van der Waals surface area contributed by atoms with Gasteiger partial charge in [0.15, 0.2) is 0 Å². The van der Waals surface area contributed by atoms with Crippen LogP contribution in [0.1, 0.15) is 41.3 Å². The third kappa shape index (κ3) is 3.80. The Hall–Kier alpha value is -0.870. The van der Waals surface area contributed by atoms with Gasteiger partial charge in [-0.05, 0) is 35.6 Å². The molecule has 1 N–H and O–H groups in total. The largest absolute Gasteiger partial charge is 0.372 e. The number of halogens is 1. The van der Waals surface area contributed by atoms with Gasteiger partial charge in [-0.25, -0.2) is 0 Å². The first-order chi connectivity index (χ1) is 9.24. The van der Waals surface area contributed by atoms with Crippen molar-refractivity contribution in [1.29, 1.82) is 0 Å². The summed E-state index contributed by atoms with van der Waals surface area (Å²) in [7, 11) is 0. The summed E-state index contributed by atoms with van der Waals surface area (Å²) in [4.78, 5) is 12.1. The zero-order valence-electron chi connectivity index (χ0n) is 11.2. The topological polar surface area (TPSA) is 38.3 Å². The van der Waals surface area contributed by atoms with Crippen LogP contribution in [-0.4, -0.2) is 17.8 Å². The van der Waals surface area contributed by atoms with Crippen molar-refractivity contribution in [2.75, 3.05) is 11.9 Å². The van der Waals surface area contributed by atoms with E-state index in [1.54, 1.807) is 0 Å². The summed E-state index contributed by atoms with van der Waals surface area (Å²) in [5.74, 6) is 0.559. The van der Waals surface area contributed by atoms with Gasteiger partial charge in [-0.15, -0.1) is 0 Å². The molecule has 0 saturated heterocycles. The van der Waals surface area contributed by atoms with Crippen molar-refractivity contribution in [2.24, 2.45) is 5.92 Å². The fourth-order valence-corrected chi connectivity index (χ4v) is 2.90. The number of carbonyl (C=O) groups is 1. The van der Waals surface area contributed by atoms with E-state index in [1.807, 2.05) is 18.2 Å². The van der Waals surface area contributed by atoms with E-state index in [4.69, 9.17) is 4.74 Å². The molecule has 104 valence electrons. The van der Waals surface area contributed by atoms with Gasteiger partial charge in [0.05, 0.1) is 13.2 Å². The number of alkyl halides is 1. The van der Waals surface area contributed by atoms with Crippen molar-refractivity contribution in [2.45, 2.75) is 33.0 Å². The average Bonchev–Trinajstić information content (AvgIpc) is 2.90. The van der Waals surface area contributed by atoms with Crippen LogP contribution in [0.3, 0.4) is 0 Å². The molecule has 1 unspecified atom stereocenters. The maximum absolute atomic E-state index is 12.1. The summed E-state index contributed by atoms with van der Waals surface area (Å²) < 4.78 is 5.36. The van der Waals surface area contributed by atoms with Gasteiger partial charge in [0.2, 0.25) is 0 Å². The molecule has 1 atom stereocenters. The molecule has 0 aliphatic carbocycles. The zero-order valence-corrected chi connectivity index (χ0v) is 12.8. The van der Waals surface area contributed by atoms with Crippen LogP contribution >= 0.6 is 15.9 Å². The summed E-state index contributed by atoms with van der Waals surface area (Å²) in [6.07, 6.45) is 2.18. The SMILES string of the molecule is CCC(CCBr)CNC(=O)c1ccc2c(c1)COC2. The van der Waals surface area contributed by atoms with E-state index in [-0.39, 0.29) is 5.91 Å². The van der Waals surface area contributed by atoms with E-state index in [0.717, 1.165) is 35.8 Å². The quantitative estimate of drug-likeness (QED) is 0.815. The van der Waals surface area contributed by atoms with E-state index in [2.05, 4.69) is 28.2 Å². The number of amides is 1. The number of nitrogens with one attached hydrogen (secondary N) is 1. The second-order valence-electron chi connectivity index (χ2n) is 4.94. The predicted octanol–water partition coefficient (Wildman–Crippen LogP) is 3.26. The highest BCUT2D eigenvalue weighted by molar-refractivity contribution is 9.09. The Balaban J connectivity index is 1.92. The van der Waals surface area contributed by atoms with E-state index in [1.165, 1.54) is 5.56 Å². The normalized spacial score (nSPS) is 15.1. The van der Waals surface area contributed by atoms with Gasteiger partial charge in [-0.3, -0.25) is 4.79 Å². The Kier molecular flexibility index (Phi) is 5.40. The van der Waals surface area contributed by atoms with Gasteiger partial charge in [0.1, 0.15) is 0 Å². The minimum atomic E-state index is 0.0164.